The van der Waals surface area contributed by atoms with Gasteiger partial charge in [0.2, 0.25) is 0 Å². The molecule has 6 nitrogen and oxygen atoms in total. The Bertz CT molecular complexity index is 1390. The number of rotatable bonds is 6. The van der Waals surface area contributed by atoms with Crippen LogP contribution >= 0.6 is 23.1 Å². The van der Waals surface area contributed by atoms with Crippen molar-refractivity contribution in [2.75, 3.05) is 12.9 Å². The Balaban J connectivity index is 1.38. The van der Waals surface area contributed by atoms with Gasteiger partial charge in [-0.05, 0) is 69.0 Å². The van der Waals surface area contributed by atoms with Crippen molar-refractivity contribution < 1.29 is 14.3 Å². The molecule has 0 spiro atoms. The van der Waals surface area contributed by atoms with Crippen LogP contribution in [0.15, 0.2) is 41.7 Å². The largest absolute Gasteiger partial charge is 0.465 e. The monoisotopic (exact) mass is 477 g/mol. The average molecular weight is 478 g/mol. The third-order valence-electron chi connectivity index (χ3n) is 6.08. The number of ketones is 1. The standard InChI is InChI=1S/C25H23N3O3S2/c1-14-11-19(15(2)28(14)17-9-7-16(8-10-17)25(30)31-3)20(29)12-32-23-22-18-5-4-6-21(18)33-24(22)27-13-26-23/h7-11,13H,4-6,12H2,1-3H3. The summed E-state index contributed by atoms with van der Waals surface area (Å²) in [5.41, 5.74) is 5.32. The van der Waals surface area contributed by atoms with E-state index in [-0.39, 0.29) is 11.8 Å². The minimum atomic E-state index is -0.370. The fraction of sp³-hybridized carbons (Fsp3) is 0.280. The number of carbonyl (C=O) groups is 2. The van der Waals surface area contributed by atoms with Gasteiger partial charge in [-0.15, -0.1) is 11.3 Å². The summed E-state index contributed by atoms with van der Waals surface area (Å²) in [5, 5.41) is 2.05. The lowest BCUT2D eigenvalue weighted by atomic mass is 10.2. The van der Waals surface area contributed by atoms with Crippen molar-refractivity contribution in [2.24, 2.45) is 0 Å². The SMILES string of the molecule is COC(=O)c1ccc(-n2c(C)cc(C(=O)CSc3ncnc4sc5c(c34)CCC5)c2C)cc1. The summed E-state index contributed by atoms with van der Waals surface area (Å²) in [6, 6.07) is 9.13. The zero-order valence-electron chi connectivity index (χ0n) is 18.7. The summed E-state index contributed by atoms with van der Waals surface area (Å²) in [5.74, 6) is 0.0251. The summed E-state index contributed by atoms with van der Waals surface area (Å²) in [6.07, 6.45) is 4.97. The molecule has 0 N–H and O–H groups in total. The van der Waals surface area contributed by atoms with E-state index in [4.69, 9.17) is 4.74 Å². The second-order valence-corrected chi connectivity index (χ2v) is 10.1. The van der Waals surface area contributed by atoms with Crippen molar-refractivity contribution in [1.82, 2.24) is 14.5 Å². The Labute approximate surface area is 200 Å². The lowest BCUT2D eigenvalue weighted by Crippen LogP contribution is -2.06. The van der Waals surface area contributed by atoms with Crippen LogP contribution in [-0.4, -0.2) is 39.2 Å². The molecule has 0 radical (unpaired) electrons. The third kappa shape index (κ3) is 3.87. The van der Waals surface area contributed by atoms with E-state index in [1.54, 1.807) is 29.8 Å². The number of fused-ring (bicyclic) bond motifs is 3. The molecule has 0 aliphatic heterocycles. The second-order valence-electron chi connectivity index (χ2n) is 8.09. The van der Waals surface area contributed by atoms with Crippen molar-refractivity contribution in [3.05, 3.63) is 69.6 Å². The van der Waals surface area contributed by atoms with Gasteiger partial charge < -0.3 is 9.30 Å². The van der Waals surface area contributed by atoms with E-state index in [0.29, 0.717) is 16.9 Å². The highest BCUT2D eigenvalue weighted by atomic mass is 32.2. The molecule has 1 aromatic carbocycles. The van der Waals surface area contributed by atoms with Crippen molar-refractivity contribution in [1.29, 1.82) is 0 Å². The minimum absolute atomic E-state index is 0.0733. The summed E-state index contributed by atoms with van der Waals surface area (Å²) in [7, 11) is 1.37. The molecule has 0 fully saturated rings. The molecule has 0 saturated heterocycles. The molecular weight excluding hydrogens is 454 g/mol. The number of thioether (sulfide) groups is 1. The summed E-state index contributed by atoms with van der Waals surface area (Å²) >= 11 is 3.26. The molecule has 1 aliphatic rings. The van der Waals surface area contributed by atoms with E-state index in [0.717, 1.165) is 45.2 Å². The predicted molar refractivity (Wildman–Crippen MR) is 131 cm³/mol. The average Bonchev–Trinajstić information content (AvgIpc) is 3.50. The zero-order chi connectivity index (χ0) is 23.1. The number of carbonyl (C=O) groups excluding carboxylic acids is 2. The van der Waals surface area contributed by atoms with Gasteiger partial charge in [0.1, 0.15) is 16.2 Å². The van der Waals surface area contributed by atoms with E-state index in [1.165, 1.54) is 35.7 Å². The molecular formula is C25H23N3O3S2. The Morgan fingerprint density at radius 1 is 1.15 bits per heavy atom. The van der Waals surface area contributed by atoms with Gasteiger partial charge in [0.05, 0.1) is 18.4 Å². The van der Waals surface area contributed by atoms with Crippen LogP contribution in [0.1, 0.15) is 49.0 Å². The minimum Gasteiger partial charge on any atom is -0.465 e. The molecule has 33 heavy (non-hydrogen) atoms. The fourth-order valence-electron chi connectivity index (χ4n) is 4.53. The predicted octanol–water partition coefficient (Wildman–Crippen LogP) is 5.35. The number of Topliss-reactive ketones (excluding diaryl/α,β-unsaturated/α-hetero) is 1. The molecule has 8 heteroatoms. The van der Waals surface area contributed by atoms with Crippen LogP contribution in [-0.2, 0) is 17.6 Å². The van der Waals surface area contributed by atoms with Gasteiger partial charge in [0.15, 0.2) is 5.78 Å². The number of benzene rings is 1. The summed E-state index contributed by atoms with van der Waals surface area (Å²) in [4.78, 5) is 36.3. The Morgan fingerprint density at radius 3 is 2.70 bits per heavy atom. The Kier molecular flexibility index (Phi) is 5.80. The first-order chi connectivity index (χ1) is 16.0. The van der Waals surface area contributed by atoms with Crippen molar-refractivity contribution in [3.8, 4) is 5.69 Å². The number of methoxy groups -OCH3 is 1. The van der Waals surface area contributed by atoms with Crippen molar-refractivity contribution in [3.63, 3.8) is 0 Å². The first kappa shape index (κ1) is 21.9. The quantitative estimate of drug-likeness (QED) is 0.161. The van der Waals surface area contributed by atoms with Gasteiger partial charge in [0.25, 0.3) is 0 Å². The van der Waals surface area contributed by atoms with Crippen molar-refractivity contribution in [2.45, 2.75) is 38.1 Å². The number of ether oxygens (including phenoxy) is 1. The maximum atomic E-state index is 13.2. The number of thiophene rings is 1. The smallest absolute Gasteiger partial charge is 0.337 e. The van der Waals surface area contributed by atoms with Gasteiger partial charge in [-0.3, -0.25) is 4.79 Å². The highest BCUT2D eigenvalue weighted by molar-refractivity contribution is 8.00. The van der Waals surface area contributed by atoms with E-state index in [2.05, 4.69) is 9.97 Å². The molecule has 4 aromatic rings. The molecule has 0 bridgehead atoms. The van der Waals surface area contributed by atoms with Crippen LogP contribution in [0.25, 0.3) is 15.9 Å². The van der Waals surface area contributed by atoms with Crippen LogP contribution < -0.4 is 0 Å². The maximum absolute atomic E-state index is 13.2. The number of hydrogen-bond acceptors (Lipinski definition) is 7. The normalized spacial score (nSPS) is 12.8. The van der Waals surface area contributed by atoms with E-state index in [1.807, 2.05) is 36.6 Å². The van der Waals surface area contributed by atoms with E-state index < -0.39 is 0 Å². The molecule has 0 saturated carbocycles. The topological polar surface area (TPSA) is 74.1 Å². The van der Waals surface area contributed by atoms with Crippen LogP contribution in [0.3, 0.4) is 0 Å². The van der Waals surface area contributed by atoms with E-state index in [9.17, 15) is 9.59 Å². The first-order valence-corrected chi connectivity index (χ1v) is 12.6. The zero-order valence-corrected chi connectivity index (χ0v) is 20.3. The first-order valence-electron chi connectivity index (χ1n) is 10.8. The van der Waals surface area contributed by atoms with Gasteiger partial charge in [0, 0.05) is 32.9 Å². The fourth-order valence-corrected chi connectivity index (χ4v) is 6.73. The van der Waals surface area contributed by atoms with Gasteiger partial charge >= 0.3 is 5.97 Å². The summed E-state index contributed by atoms with van der Waals surface area (Å²) in [6.45, 7) is 3.93. The molecule has 1 aliphatic carbocycles. The lowest BCUT2D eigenvalue weighted by Gasteiger charge is -2.10. The van der Waals surface area contributed by atoms with Gasteiger partial charge in [-0.2, -0.15) is 0 Å². The van der Waals surface area contributed by atoms with Gasteiger partial charge in [-0.1, -0.05) is 11.8 Å². The molecule has 168 valence electrons. The van der Waals surface area contributed by atoms with Gasteiger partial charge in [-0.25, -0.2) is 14.8 Å². The number of hydrogen-bond donors (Lipinski definition) is 0. The molecule has 5 rings (SSSR count). The van der Waals surface area contributed by atoms with Crippen molar-refractivity contribution >= 4 is 45.1 Å². The van der Waals surface area contributed by atoms with E-state index >= 15 is 0 Å². The third-order valence-corrected chi connectivity index (χ3v) is 8.27. The second kappa shape index (κ2) is 8.76. The van der Waals surface area contributed by atoms with Crippen LogP contribution in [0.2, 0.25) is 0 Å². The molecule has 0 unspecified atom stereocenters. The number of esters is 1. The number of nitrogens with zero attached hydrogens (tertiary/aromatic N) is 3. The van der Waals surface area contributed by atoms with Crippen LogP contribution in [0, 0.1) is 13.8 Å². The summed E-state index contributed by atoms with van der Waals surface area (Å²) < 4.78 is 6.81. The molecule has 0 atom stereocenters. The number of aromatic nitrogens is 3. The molecule has 3 aromatic heterocycles. The molecule has 0 amide bonds. The highest BCUT2D eigenvalue weighted by Crippen LogP contribution is 2.40. The highest BCUT2D eigenvalue weighted by Gasteiger charge is 2.23. The Hall–Kier alpha value is -2.97. The molecule has 3 heterocycles. The van der Waals surface area contributed by atoms with Crippen LogP contribution in [0.5, 0.6) is 0 Å². The Morgan fingerprint density at radius 2 is 1.94 bits per heavy atom. The number of aryl methyl sites for hydroxylation is 3. The van der Waals surface area contributed by atoms with Crippen LogP contribution in [0.4, 0.5) is 0 Å². The lowest BCUT2D eigenvalue weighted by molar-refractivity contribution is 0.0600. The maximum Gasteiger partial charge on any atom is 0.337 e.